The number of anilines is 1. The van der Waals surface area contributed by atoms with Gasteiger partial charge < -0.3 is 15.2 Å². The van der Waals surface area contributed by atoms with Crippen LogP contribution in [-0.2, 0) is 9.53 Å². The van der Waals surface area contributed by atoms with Gasteiger partial charge in [-0.25, -0.2) is 4.79 Å². The van der Waals surface area contributed by atoms with Crippen LogP contribution in [0.5, 0.6) is 0 Å². The zero-order valence-electron chi connectivity index (χ0n) is 11.1. The highest BCUT2D eigenvalue weighted by Crippen LogP contribution is 2.38. The van der Waals surface area contributed by atoms with Gasteiger partial charge in [-0.3, -0.25) is 4.79 Å². The Labute approximate surface area is 125 Å². The average Bonchev–Trinajstić information content (AvgIpc) is 2.36. The van der Waals surface area contributed by atoms with E-state index in [9.17, 15) is 9.59 Å². The number of amides is 1. The summed E-state index contributed by atoms with van der Waals surface area (Å²) >= 11 is 3.16. The lowest BCUT2D eigenvalue weighted by molar-refractivity contribution is -0.129. The first-order valence-corrected chi connectivity index (χ1v) is 7.13. The molecule has 1 fully saturated rings. The van der Waals surface area contributed by atoms with Crippen LogP contribution < -0.4 is 5.32 Å². The molecular weight excluding hydrogens is 326 g/mol. The number of hydrogen-bond donors (Lipinski definition) is 2. The zero-order valence-corrected chi connectivity index (χ0v) is 12.7. The molecule has 5 nitrogen and oxygen atoms in total. The summed E-state index contributed by atoms with van der Waals surface area (Å²) < 4.78 is 5.88. The van der Waals surface area contributed by atoms with Crippen molar-refractivity contribution in [3.63, 3.8) is 0 Å². The second-order valence-electron chi connectivity index (χ2n) is 4.97. The lowest BCUT2D eigenvalue weighted by atomic mass is 9.77. The Kier molecular flexibility index (Phi) is 4.45. The maximum atomic E-state index is 12.0. The standard InChI is InChI=1S/C14H16BrNO4/c1-20-14(5-2-6-14)8-12(17)16-9-3-4-11(15)10(7-9)13(18)19/h3-4,7H,2,5-6,8H2,1H3,(H,16,17)(H,18,19). The third-order valence-corrected chi connectivity index (χ3v) is 4.35. The summed E-state index contributed by atoms with van der Waals surface area (Å²) in [6, 6.07) is 4.70. The van der Waals surface area contributed by atoms with Crippen LogP contribution in [0.1, 0.15) is 36.0 Å². The van der Waals surface area contributed by atoms with Crippen molar-refractivity contribution in [2.45, 2.75) is 31.3 Å². The molecule has 1 aromatic carbocycles. The van der Waals surface area contributed by atoms with Crippen molar-refractivity contribution in [3.05, 3.63) is 28.2 Å². The number of ether oxygens (including phenoxy) is 1. The van der Waals surface area contributed by atoms with Crippen LogP contribution in [0, 0.1) is 0 Å². The number of benzene rings is 1. The number of hydrogen-bond acceptors (Lipinski definition) is 3. The minimum absolute atomic E-state index is 0.118. The molecule has 2 rings (SSSR count). The van der Waals surface area contributed by atoms with Gasteiger partial charge in [-0.2, -0.15) is 0 Å². The monoisotopic (exact) mass is 341 g/mol. The van der Waals surface area contributed by atoms with Crippen molar-refractivity contribution in [1.82, 2.24) is 0 Å². The molecule has 0 atom stereocenters. The molecule has 2 N–H and O–H groups in total. The molecule has 0 spiro atoms. The summed E-state index contributed by atoms with van der Waals surface area (Å²) in [7, 11) is 1.62. The van der Waals surface area contributed by atoms with E-state index in [1.165, 1.54) is 6.07 Å². The number of carboxylic acids is 1. The Morgan fingerprint density at radius 1 is 1.45 bits per heavy atom. The van der Waals surface area contributed by atoms with Crippen LogP contribution in [0.4, 0.5) is 5.69 Å². The van der Waals surface area contributed by atoms with E-state index in [4.69, 9.17) is 9.84 Å². The molecule has 0 bridgehead atoms. The second-order valence-corrected chi connectivity index (χ2v) is 5.82. The number of carboxylic acid groups (broad SMARTS) is 1. The SMILES string of the molecule is COC1(CC(=O)Nc2ccc(Br)c(C(=O)O)c2)CCC1. The largest absolute Gasteiger partial charge is 0.478 e. The van der Waals surface area contributed by atoms with E-state index in [0.29, 0.717) is 16.6 Å². The molecule has 1 amide bonds. The van der Waals surface area contributed by atoms with Crippen molar-refractivity contribution >= 4 is 33.5 Å². The minimum Gasteiger partial charge on any atom is -0.478 e. The highest BCUT2D eigenvalue weighted by Gasteiger charge is 2.38. The number of aromatic carboxylic acids is 1. The molecule has 0 aromatic heterocycles. The Bertz CT molecular complexity index is 534. The summed E-state index contributed by atoms with van der Waals surface area (Å²) in [5.74, 6) is -1.20. The van der Waals surface area contributed by atoms with E-state index in [2.05, 4.69) is 21.2 Å². The van der Waals surface area contributed by atoms with Gasteiger partial charge in [0.05, 0.1) is 17.6 Å². The van der Waals surface area contributed by atoms with Gasteiger partial charge in [0.25, 0.3) is 0 Å². The van der Waals surface area contributed by atoms with E-state index in [1.54, 1.807) is 19.2 Å². The number of rotatable bonds is 5. The summed E-state index contributed by atoms with van der Waals surface area (Å²) in [6.07, 6.45) is 3.14. The Morgan fingerprint density at radius 2 is 2.15 bits per heavy atom. The van der Waals surface area contributed by atoms with Gasteiger partial charge in [-0.1, -0.05) is 0 Å². The smallest absolute Gasteiger partial charge is 0.336 e. The number of methoxy groups -OCH3 is 1. The third kappa shape index (κ3) is 3.19. The van der Waals surface area contributed by atoms with E-state index in [0.717, 1.165) is 19.3 Å². The van der Waals surface area contributed by atoms with E-state index in [-0.39, 0.29) is 17.1 Å². The first-order chi connectivity index (χ1) is 9.46. The van der Waals surface area contributed by atoms with Crippen LogP contribution in [0.2, 0.25) is 0 Å². The van der Waals surface area contributed by atoms with Crippen LogP contribution in [0.15, 0.2) is 22.7 Å². The first-order valence-electron chi connectivity index (χ1n) is 6.34. The third-order valence-electron chi connectivity index (χ3n) is 3.66. The van der Waals surface area contributed by atoms with Crippen molar-refractivity contribution in [2.24, 2.45) is 0 Å². The topological polar surface area (TPSA) is 75.6 Å². The van der Waals surface area contributed by atoms with Crippen molar-refractivity contribution in [2.75, 3.05) is 12.4 Å². The van der Waals surface area contributed by atoms with E-state index < -0.39 is 5.97 Å². The molecule has 0 radical (unpaired) electrons. The second kappa shape index (κ2) is 5.93. The molecule has 1 aliphatic carbocycles. The number of nitrogens with one attached hydrogen (secondary N) is 1. The summed E-state index contributed by atoms with van der Waals surface area (Å²) in [4.78, 5) is 23.0. The molecule has 0 aliphatic heterocycles. The maximum Gasteiger partial charge on any atom is 0.336 e. The molecule has 1 aromatic rings. The fourth-order valence-corrected chi connectivity index (χ4v) is 2.71. The number of carbonyl (C=O) groups is 2. The molecule has 0 heterocycles. The average molecular weight is 342 g/mol. The molecule has 0 saturated heterocycles. The predicted octanol–water partition coefficient (Wildman–Crippen LogP) is 3.05. The van der Waals surface area contributed by atoms with E-state index >= 15 is 0 Å². The molecule has 1 aliphatic rings. The van der Waals surface area contributed by atoms with Crippen molar-refractivity contribution in [1.29, 1.82) is 0 Å². The van der Waals surface area contributed by atoms with Gasteiger partial charge in [0, 0.05) is 17.3 Å². The fraction of sp³-hybridized carbons (Fsp3) is 0.429. The fourth-order valence-electron chi connectivity index (χ4n) is 2.29. The van der Waals surface area contributed by atoms with Crippen LogP contribution in [0.25, 0.3) is 0 Å². The molecule has 6 heteroatoms. The van der Waals surface area contributed by atoms with Gasteiger partial charge in [0.2, 0.25) is 5.91 Å². The molecule has 1 saturated carbocycles. The predicted molar refractivity (Wildman–Crippen MR) is 77.9 cm³/mol. The first kappa shape index (κ1) is 15.0. The molecule has 20 heavy (non-hydrogen) atoms. The minimum atomic E-state index is -1.04. The van der Waals surface area contributed by atoms with Gasteiger partial charge in [0.1, 0.15) is 0 Å². The van der Waals surface area contributed by atoms with Crippen molar-refractivity contribution < 1.29 is 19.4 Å². The Morgan fingerprint density at radius 3 is 2.65 bits per heavy atom. The summed E-state index contributed by atoms with van der Waals surface area (Å²) in [5, 5.41) is 11.8. The maximum absolute atomic E-state index is 12.0. The summed E-state index contributed by atoms with van der Waals surface area (Å²) in [5.41, 5.74) is 0.254. The van der Waals surface area contributed by atoms with E-state index in [1.807, 2.05) is 0 Å². The normalized spacial score (nSPS) is 16.3. The zero-order chi connectivity index (χ0) is 14.8. The lowest BCUT2D eigenvalue weighted by Gasteiger charge is -2.39. The summed E-state index contributed by atoms with van der Waals surface area (Å²) in [6.45, 7) is 0. The molecule has 0 unspecified atom stereocenters. The van der Waals surface area contributed by atoms with Gasteiger partial charge in [-0.15, -0.1) is 0 Å². The lowest BCUT2D eigenvalue weighted by Crippen LogP contribution is -2.42. The number of carbonyl (C=O) groups excluding carboxylic acids is 1. The van der Waals surface area contributed by atoms with Gasteiger partial charge in [0.15, 0.2) is 0 Å². The molecule has 108 valence electrons. The quantitative estimate of drug-likeness (QED) is 0.862. The Balaban J connectivity index is 2.04. The van der Waals surface area contributed by atoms with Crippen LogP contribution in [0.3, 0.4) is 0 Å². The molecular formula is C14H16BrNO4. The number of halogens is 1. The van der Waals surface area contributed by atoms with Gasteiger partial charge in [-0.05, 0) is 53.4 Å². The van der Waals surface area contributed by atoms with Crippen LogP contribution >= 0.6 is 15.9 Å². The Hall–Kier alpha value is -1.40. The van der Waals surface area contributed by atoms with Gasteiger partial charge >= 0.3 is 5.97 Å². The highest BCUT2D eigenvalue weighted by molar-refractivity contribution is 9.10. The van der Waals surface area contributed by atoms with Crippen LogP contribution in [-0.4, -0.2) is 29.7 Å². The van der Waals surface area contributed by atoms with Crippen molar-refractivity contribution in [3.8, 4) is 0 Å². The highest BCUT2D eigenvalue weighted by atomic mass is 79.9.